The molecule has 0 radical (unpaired) electrons. The van der Waals surface area contributed by atoms with Crippen LogP contribution in [0.2, 0.25) is 0 Å². The van der Waals surface area contributed by atoms with E-state index in [-0.39, 0.29) is 17.8 Å². The average molecular weight is 342 g/mol. The predicted molar refractivity (Wildman–Crippen MR) is 80.7 cm³/mol. The van der Waals surface area contributed by atoms with Crippen molar-refractivity contribution in [3.05, 3.63) is 28.2 Å². The first-order chi connectivity index (χ1) is 9.58. The van der Waals surface area contributed by atoms with Crippen LogP contribution in [0, 0.1) is 5.92 Å². The lowest BCUT2D eigenvalue weighted by atomic mass is 10.00. The van der Waals surface area contributed by atoms with Gasteiger partial charge in [0.15, 0.2) is 0 Å². The molecule has 0 bridgehead atoms. The second kappa shape index (κ2) is 7.09. The van der Waals surface area contributed by atoms with Crippen molar-refractivity contribution < 1.29 is 15.0 Å². The molecular formula is C15H20BrNO3. The topological polar surface area (TPSA) is 69.6 Å². The van der Waals surface area contributed by atoms with E-state index in [2.05, 4.69) is 21.2 Å². The standard InChI is InChI=1S/C15H20BrNO3/c16-12-7-6-11(9-14(12)19)15(20)17-8-2-4-10-3-1-5-13(10)18/h6-7,9-10,13,18-19H,1-5,8H2,(H,17,20)/t10-,13-/m1/s1. The van der Waals surface area contributed by atoms with E-state index in [1.807, 2.05) is 0 Å². The van der Waals surface area contributed by atoms with Gasteiger partial charge in [-0.15, -0.1) is 0 Å². The fourth-order valence-corrected chi connectivity index (χ4v) is 2.92. The minimum Gasteiger partial charge on any atom is -0.507 e. The summed E-state index contributed by atoms with van der Waals surface area (Å²) in [7, 11) is 0. The van der Waals surface area contributed by atoms with Crippen molar-refractivity contribution in [2.24, 2.45) is 5.92 Å². The number of carbonyl (C=O) groups is 1. The highest BCUT2D eigenvalue weighted by atomic mass is 79.9. The van der Waals surface area contributed by atoms with Gasteiger partial charge in [-0.2, -0.15) is 0 Å². The zero-order valence-corrected chi connectivity index (χ0v) is 12.9. The lowest BCUT2D eigenvalue weighted by molar-refractivity contribution is 0.0949. The summed E-state index contributed by atoms with van der Waals surface area (Å²) in [5.41, 5.74) is 0.451. The quantitative estimate of drug-likeness (QED) is 0.721. The number of hydrogen-bond acceptors (Lipinski definition) is 3. The molecule has 0 aromatic heterocycles. The third kappa shape index (κ3) is 3.96. The molecule has 0 unspecified atom stereocenters. The molecule has 1 amide bonds. The highest BCUT2D eigenvalue weighted by Crippen LogP contribution is 2.29. The fraction of sp³-hybridized carbons (Fsp3) is 0.533. The number of aliphatic hydroxyl groups is 1. The highest BCUT2D eigenvalue weighted by molar-refractivity contribution is 9.10. The third-order valence-corrected chi connectivity index (χ3v) is 4.54. The number of phenolic OH excluding ortho intramolecular Hbond substituents is 1. The molecule has 1 aromatic carbocycles. The van der Waals surface area contributed by atoms with Crippen LogP contribution in [0.3, 0.4) is 0 Å². The maximum Gasteiger partial charge on any atom is 0.251 e. The minimum atomic E-state index is -0.181. The molecule has 1 aromatic rings. The van der Waals surface area contributed by atoms with E-state index >= 15 is 0 Å². The number of rotatable bonds is 5. The lowest BCUT2D eigenvalue weighted by Gasteiger charge is -2.14. The number of aliphatic hydroxyl groups excluding tert-OH is 1. The Kier molecular flexibility index (Phi) is 5.43. The monoisotopic (exact) mass is 341 g/mol. The van der Waals surface area contributed by atoms with E-state index in [0.29, 0.717) is 22.5 Å². The molecule has 0 saturated heterocycles. The van der Waals surface area contributed by atoms with Crippen molar-refractivity contribution in [3.63, 3.8) is 0 Å². The summed E-state index contributed by atoms with van der Waals surface area (Å²) in [4.78, 5) is 11.9. The summed E-state index contributed by atoms with van der Waals surface area (Å²) >= 11 is 3.18. The van der Waals surface area contributed by atoms with Gasteiger partial charge in [0, 0.05) is 12.1 Å². The Hall–Kier alpha value is -1.07. The van der Waals surface area contributed by atoms with E-state index in [9.17, 15) is 15.0 Å². The van der Waals surface area contributed by atoms with Gasteiger partial charge in [0.1, 0.15) is 5.75 Å². The van der Waals surface area contributed by atoms with E-state index < -0.39 is 0 Å². The second-order valence-corrected chi connectivity index (χ2v) is 6.18. The van der Waals surface area contributed by atoms with Crippen LogP contribution in [0.5, 0.6) is 5.75 Å². The molecule has 1 aliphatic carbocycles. The van der Waals surface area contributed by atoms with Gasteiger partial charge < -0.3 is 15.5 Å². The van der Waals surface area contributed by atoms with Gasteiger partial charge >= 0.3 is 0 Å². The smallest absolute Gasteiger partial charge is 0.251 e. The van der Waals surface area contributed by atoms with Crippen molar-refractivity contribution in [1.82, 2.24) is 5.32 Å². The van der Waals surface area contributed by atoms with Crippen LogP contribution in [-0.4, -0.2) is 28.8 Å². The number of hydrogen-bond donors (Lipinski definition) is 3. The number of aromatic hydroxyl groups is 1. The van der Waals surface area contributed by atoms with Gasteiger partial charge in [-0.1, -0.05) is 6.42 Å². The largest absolute Gasteiger partial charge is 0.507 e. The zero-order valence-electron chi connectivity index (χ0n) is 11.3. The summed E-state index contributed by atoms with van der Waals surface area (Å²) < 4.78 is 0.573. The van der Waals surface area contributed by atoms with Gasteiger partial charge in [0.2, 0.25) is 0 Å². The molecule has 0 aliphatic heterocycles. The number of benzene rings is 1. The predicted octanol–water partition coefficient (Wildman–Crippen LogP) is 2.83. The molecule has 110 valence electrons. The summed E-state index contributed by atoms with van der Waals surface area (Å²) in [6.07, 6.45) is 4.78. The maximum absolute atomic E-state index is 11.9. The number of halogens is 1. The minimum absolute atomic E-state index is 0.0618. The van der Waals surface area contributed by atoms with Gasteiger partial charge in [-0.25, -0.2) is 0 Å². The van der Waals surface area contributed by atoms with Gasteiger partial charge in [0.05, 0.1) is 10.6 Å². The second-order valence-electron chi connectivity index (χ2n) is 5.32. The van der Waals surface area contributed by atoms with E-state index in [1.165, 1.54) is 6.07 Å². The van der Waals surface area contributed by atoms with Crippen molar-refractivity contribution in [3.8, 4) is 5.75 Å². The number of carbonyl (C=O) groups excluding carboxylic acids is 1. The van der Waals surface area contributed by atoms with Crippen LogP contribution in [0.25, 0.3) is 0 Å². The maximum atomic E-state index is 11.9. The van der Waals surface area contributed by atoms with Crippen LogP contribution >= 0.6 is 15.9 Å². The molecule has 1 fully saturated rings. The van der Waals surface area contributed by atoms with Crippen LogP contribution in [0.15, 0.2) is 22.7 Å². The first kappa shape index (κ1) is 15.3. The summed E-state index contributed by atoms with van der Waals surface area (Å²) in [6.45, 7) is 0.596. The first-order valence-corrected chi connectivity index (χ1v) is 7.82. The lowest BCUT2D eigenvalue weighted by Crippen LogP contribution is -2.25. The fourth-order valence-electron chi connectivity index (χ4n) is 2.68. The van der Waals surface area contributed by atoms with Crippen molar-refractivity contribution in [1.29, 1.82) is 0 Å². The Balaban J connectivity index is 1.73. The molecule has 0 spiro atoms. The van der Waals surface area contributed by atoms with Crippen LogP contribution < -0.4 is 5.32 Å². The first-order valence-electron chi connectivity index (χ1n) is 7.02. The molecule has 2 rings (SSSR count). The SMILES string of the molecule is O=C(NCCC[C@H]1CCC[C@H]1O)c1ccc(Br)c(O)c1. The van der Waals surface area contributed by atoms with Crippen LogP contribution in [0.4, 0.5) is 0 Å². The number of nitrogens with one attached hydrogen (secondary N) is 1. The summed E-state index contributed by atoms with van der Waals surface area (Å²) in [5.74, 6) is 0.273. The van der Waals surface area contributed by atoms with Gasteiger partial charge in [-0.05, 0) is 65.7 Å². The van der Waals surface area contributed by atoms with Crippen LogP contribution in [0.1, 0.15) is 42.5 Å². The molecule has 20 heavy (non-hydrogen) atoms. The molecule has 0 heterocycles. The molecule has 1 aliphatic rings. The van der Waals surface area contributed by atoms with Crippen molar-refractivity contribution in [2.75, 3.05) is 6.54 Å². The van der Waals surface area contributed by atoms with Gasteiger partial charge in [0.25, 0.3) is 5.91 Å². The van der Waals surface area contributed by atoms with Crippen molar-refractivity contribution >= 4 is 21.8 Å². The summed E-state index contributed by atoms with van der Waals surface area (Å²) in [5, 5.41) is 22.1. The molecule has 5 heteroatoms. The Bertz CT molecular complexity index is 478. The van der Waals surface area contributed by atoms with E-state index in [1.54, 1.807) is 12.1 Å². The van der Waals surface area contributed by atoms with E-state index in [0.717, 1.165) is 32.1 Å². The number of phenols is 1. The molecular weight excluding hydrogens is 322 g/mol. The zero-order chi connectivity index (χ0) is 14.5. The molecule has 3 N–H and O–H groups in total. The van der Waals surface area contributed by atoms with Gasteiger partial charge in [-0.3, -0.25) is 4.79 Å². The van der Waals surface area contributed by atoms with Crippen molar-refractivity contribution in [2.45, 2.75) is 38.2 Å². The Morgan fingerprint density at radius 1 is 1.40 bits per heavy atom. The molecule has 1 saturated carbocycles. The highest BCUT2D eigenvalue weighted by Gasteiger charge is 2.24. The van der Waals surface area contributed by atoms with E-state index in [4.69, 9.17) is 0 Å². The normalized spacial score (nSPS) is 21.9. The average Bonchev–Trinajstić information content (AvgIpc) is 2.83. The Morgan fingerprint density at radius 3 is 2.85 bits per heavy atom. The molecule has 2 atom stereocenters. The summed E-state index contributed by atoms with van der Waals surface area (Å²) in [6, 6.07) is 4.76. The van der Waals surface area contributed by atoms with Crippen LogP contribution in [-0.2, 0) is 0 Å². The third-order valence-electron chi connectivity index (χ3n) is 3.86. The Morgan fingerprint density at radius 2 is 2.20 bits per heavy atom. The molecule has 4 nitrogen and oxygen atoms in total. The Labute approximate surface area is 127 Å². The number of amides is 1.